The topological polar surface area (TPSA) is 94.7 Å². The standard InChI is InChI=1S/C14H14N2O5/c1-9(17)10-3-6-14(15-8-10)21-13-7-11(16(18)19)4-5-12(13)20-2/h3-9,17H,1-2H3. The zero-order valence-electron chi connectivity index (χ0n) is 11.5. The van der Waals surface area contributed by atoms with Crippen molar-refractivity contribution in [2.75, 3.05) is 7.11 Å². The van der Waals surface area contributed by atoms with Crippen LogP contribution in [0.4, 0.5) is 5.69 Å². The molecule has 1 N–H and O–H groups in total. The number of hydrogen-bond donors (Lipinski definition) is 1. The first kappa shape index (κ1) is 14.7. The number of aromatic nitrogens is 1. The second-order valence-corrected chi connectivity index (χ2v) is 4.30. The number of nitro groups is 1. The number of nitro benzene ring substituents is 1. The summed E-state index contributed by atoms with van der Waals surface area (Å²) in [4.78, 5) is 14.3. The zero-order valence-corrected chi connectivity index (χ0v) is 11.5. The molecule has 0 aliphatic heterocycles. The van der Waals surface area contributed by atoms with Crippen molar-refractivity contribution in [1.29, 1.82) is 0 Å². The van der Waals surface area contributed by atoms with Crippen LogP contribution in [0.1, 0.15) is 18.6 Å². The summed E-state index contributed by atoms with van der Waals surface area (Å²) < 4.78 is 10.6. The van der Waals surface area contributed by atoms with Gasteiger partial charge >= 0.3 is 0 Å². The Balaban J connectivity index is 2.29. The lowest BCUT2D eigenvalue weighted by atomic mass is 10.2. The van der Waals surface area contributed by atoms with Crippen molar-refractivity contribution in [3.05, 3.63) is 52.2 Å². The Morgan fingerprint density at radius 1 is 1.29 bits per heavy atom. The number of aliphatic hydroxyl groups excluding tert-OH is 1. The molecule has 0 amide bonds. The molecule has 21 heavy (non-hydrogen) atoms. The molecule has 1 unspecified atom stereocenters. The van der Waals surface area contributed by atoms with Crippen LogP contribution in [0.25, 0.3) is 0 Å². The van der Waals surface area contributed by atoms with Gasteiger partial charge in [0.25, 0.3) is 5.69 Å². The Bertz CT molecular complexity index is 640. The van der Waals surface area contributed by atoms with Crippen molar-refractivity contribution < 1.29 is 19.5 Å². The molecule has 1 aromatic carbocycles. The molecular weight excluding hydrogens is 276 g/mol. The number of methoxy groups -OCH3 is 1. The maximum Gasteiger partial charge on any atom is 0.273 e. The van der Waals surface area contributed by atoms with E-state index in [-0.39, 0.29) is 17.3 Å². The molecular formula is C14H14N2O5. The fourth-order valence-corrected chi connectivity index (χ4v) is 1.67. The van der Waals surface area contributed by atoms with Gasteiger partial charge in [-0.1, -0.05) is 0 Å². The lowest BCUT2D eigenvalue weighted by Crippen LogP contribution is -1.96. The lowest BCUT2D eigenvalue weighted by Gasteiger charge is -2.10. The van der Waals surface area contributed by atoms with Crippen molar-refractivity contribution >= 4 is 5.69 Å². The molecule has 1 heterocycles. The van der Waals surface area contributed by atoms with Gasteiger partial charge in [-0.3, -0.25) is 10.1 Å². The van der Waals surface area contributed by atoms with Gasteiger partial charge in [0.2, 0.25) is 5.88 Å². The highest BCUT2D eigenvalue weighted by Crippen LogP contribution is 2.34. The second-order valence-electron chi connectivity index (χ2n) is 4.30. The summed E-state index contributed by atoms with van der Waals surface area (Å²) in [5, 5.41) is 20.2. The molecule has 0 bridgehead atoms. The van der Waals surface area contributed by atoms with Crippen molar-refractivity contribution in [1.82, 2.24) is 4.98 Å². The van der Waals surface area contributed by atoms with Crippen molar-refractivity contribution in [2.45, 2.75) is 13.0 Å². The molecule has 0 spiro atoms. The lowest BCUT2D eigenvalue weighted by molar-refractivity contribution is -0.384. The number of hydrogen-bond acceptors (Lipinski definition) is 6. The average Bonchev–Trinajstić information content (AvgIpc) is 2.47. The van der Waals surface area contributed by atoms with Gasteiger partial charge in [0.05, 0.1) is 24.2 Å². The molecule has 2 aromatic rings. The summed E-state index contributed by atoms with van der Waals surface area (Å²) in [6, 6.07) is 7.29. The minimum absolute atomic E-state index is 0.105. The highest BCUT2D eigenvalue weighted by molar-refractivity contribution is 5.49. The van der Waals surface area contributed by atoms with E-state index in [9.17, 15) is 15.2 Å². The third-order valence-electron chi connectivity index (χ3n) is 2.81. The Morgan fingerprint density at radius 2 is 2.05 bits per heavy atom. The Kier molecular flexibility index (Phi) is 4.34. The van der Waals surface area contributed by atoms with Crippen LogP contribution in [-0.4, -0.2) is 22.1 Å². The van der Waals surface area contributed by atoms with Crippen LogP contribution in [0.5, 0.6) is 17.4 Å². The molecule has 7 heteroatoms. The van der Waals surface area contributed by atoms with Crippen molar-refractivity contribution in [3.63, 3.8) is 0 Å². The van der Waals surface area contributed by atoms with Crippen LogP contribution in [0.15, 0.2) is 36.5 Å². The largest absolute Gasteiger partial charge is 0.493 e. The van der Waals surface area contributed by atoms with E-state index in [1.807, 2.05) is 0 Å². The number of ether oxygens (including phenoxy) is 2. The maximum absolute atomic E-state index is 10.8. The van der Waals surface area contributed by atoms with E-state index in [1.165, 1.54) is 31.5 Å². The summed E-state index contributed by atoms with van der Waals surface area (Å²) in [5.41, 5.74) is 0.541. The van der Waals surface area contributed by atoms with Crippen LogP contribution in [0.2, 0.25) is 0 Å². The molecule has 2 rings (SSSR count). The maximum atomic E-state index is 10.8. The van der Waals surface area contributed by atoms with Gasteiger partial charge in [0.1, 0.15) is 0 Å². The highest BCUT2D eigenvalue weighted by atomic mass is 16.6. The SMILES string of the molecule is COc1ccc([N+](=O)[O-])cc1Oc1ccc(C(C)O)cn1. The first-order valence-corrected chi connectivity index (χ1v) is 6.15. The smallest absolute Gasteiger partial charge is 0.273 e. The van der Waals surface area contributed by atoms with Crippen LogP contribution in [0.3, 0.4) is 0 Å². The molecule has 0 saturated carbocycles. The number of rotatable bonds is 5. The van der Waals surface area contributed by atoms with Crippen LogP contribution in [-0.2, 0) is 0 Å². The molecule has 0 aliphatic rings. The van der Waals surface area contributed by atoms with Gasteiger partial charge in [-0.15, -0.1) is 0 Å². The van der Waals surface area contributed by atoms with Crippen molar-refractivity contribution in [2.24, 2.45) is 0 Å². The highest BCUT2D eigenvalue weighted by Gasteiger charge is 2.14. The summed E-state index contributed by atoms with van der Waals surface area (Å²) in [7, 11) is 1.44. The Labute approximate surface area is 120 Å². The molecule has 0 saturated heterocycles. The third-order valence-corrected chi connectivity index (χ3v) is 2.81. The molecule has 1 atom stereocenters. The summed E-state index contributed by atoms with van der Waals surface area (Å²) >= 11 is 0. The van der Waals surface area contributed by atoms with Crippen LogP contribution in [0, 0.1) is 10.1 Å². The van der Waals surface area contributed by atoms with E-state index in [1.54, 1.807) is 19.1 Å². The van der Waals surface area contributed by atoms with Crippen molar-refractivity contribution in [3.8, 4) is 17.4 Å². The molecule has 0 radical (unpaired) electrons. The summed E-state index contributed by atoms with van der Waals surface area (Å²) in [5.74, 6) is 0.809. The normalized spacial score (nSPS) is 11.8. The van der Waals surface area contributed by atoms with Gasteiger partial charge < -0.3 is 14.6 Å². The monoisotopic (exact) mass is 290 g/mol. The molecule has 0 fully saturated rings. The number of nitrogens with zero attached hydrogens (tertiary/aromatic N) is 2. The van der Waals surface area contributed by atoms with Gasteiger partial charge in [-0.2, -0.15) is 0 Å². The number of pyridine rings is 1. The number of non-ortho nitro benzene ring substituents is 1. The third kappa shape index (κ3) is 3.46. The van der Waals surface area contributed by atoms with Crippen LogP contribution >= 0.6 is 0 Å². The van der Waals surface area contributed by atoms with Crippen LogP contribution < -0.4 is 9.47 Å². The molecule has 110 valence electrons. The van der Waals surface area contributed by atoms with E-state index < -0.39 is 11.0 Å². The first-order valence-electron chi connectivity index (χ1n) is 6.15. The summed E-state index contributed by atoms with van der Waals surface area (Å²) in [6.45, 7) is 1.63. The van der Waals surface area contributed by atoms with E-state index in [0.29, 0.717) is 11.3 Å². The second kappa shape index (κ2) is 6.19. The molecule has 1 aromatic heterocycles. The first-order chi connectivity index (χ1) is 10.0. The Morgan fingerprint density at radius 3 is 2.57 bits per heavy atom. The zero-order chi connectivity index (χ0) is 15.4. The van der Waals surface area contributed by atoms with E-state index in [4.69, 9.17) is 9.47 Å². The quantitative estimate of drug-likeness (QED) is 0.672. The van der Waals surface area contributed by atoms with E-state index in [2.05, 4.69) is 4.98 Å². The fraction of sp³-hybridized carbons (Fsp3) is 0.214. The van der Waals surface area contributed by atoms with Gasteiger partial charge in [0, 0.05) is 18.3 Å². The summed E-state index contributed by atoms with van der Waals surface area (Å²) in [6.07, 6.45) is 0.850. The van der Waals surface area contributed by atoms with E-state index in [0.717, 1.165) is 0 Å². The minimum atomic E-state index is -0.626. The van der Waals surface area contributed by atoms with Gasteiger partial charge in [-0.05, 0) is 24.6 Å². The van der Waals surface area contributed by atoms with Gasteiger partial charge in [0.15, 0.2) is 11.5 Å². The van der Waals surface area contributed by atoms with Gasteiger partial charge in [-0.25, -0.2) is 4.98 Å². The number of benzene rings is 1. The minimum Gasteiger partial charge on any atom is -0.493 e. The van der Waals surface area contributed by atoms with E-state index >= 15 is 0 Å². The fourth-order valence-electron chi connectivity index (χ4n) is 1.67. The molecule has 0 aliphatic carbocycles. The molecule has 7 nitrogen and oxygen atoms in total. The average molecular weight is 290 g/mol. The number of aliphatic hydroxyl groups is 1. The predicted molar refractivity (Wildman–Crippen MR) is 74.6 cm³/mol. The predicted octanol–water partition coefficient (Wildman–Crippen LogP) is 2.84. The Hall–Kier alpha value is -2.67.